The number of aliphatic imine (C=N–C) groups is 1. The number of benzene rings is 1. The number of nitrogens with zero attached hydrogens (tertiary/aromatic N) is 2. The van der Waals surface area contributed by atoms with Gasteiger partial charge in [0.2, 0.25) is 0 Å². The van der Waals surface area contributed by atoms with Crippen LogP contribution in [0.4, 0.5) is 0 Å². The smallest absolute Gasteiger partial charge is 0.308 e. The average Bonchev–Trinajstić information content (AvgIpc) is 3.05. The fourth-order valence-electron chi connectivity index (χ4n) is 3.12. The van der Waals surface area contributed by atoms with E-state index in [1.807, 2.05) is 30.3 Å². The molecule has 0 saturated carbocycles. The summed E-state index contributed by atoms with van der Waals surface area (Å²) in [5.74, 6) is 1.60. The number of nitrogens with one attached hydrogen (secondary N) is 1. The number of likely N-dealkylation sites (tertiary alicyclic amines) is 1. The van der Waals surface area contributed by atoms with E-state index in [0.717, 1.165) is 48.6 Å². The monoisotopic (exact) mass is 457 g/mol. The number of hydrogen-bond acceptors (Lipinski definition) is 4. The van der Waals surface area contributed by atoms with Crippen molar-refractivity contribution in [2.45, 2.75) is 19.4 Å². The van der Waals surface area contributed by atoms with Crippen molar-refractivity contribution in [3.8, 4) is 0 Å². The summed E-state index contributed by atoms with van der Waals surface area (Å²) >= 11 is 0. The largest absolute Gasteiger partial charge is 0.469 e. The van der Waals surface area contributed by atoms with E-state index in [2.05, 4.69) is 15.2 Å². The van der Waals surface area contributed by atoms with Crippen LogP contribution in [0, 0.1) is 5.92 Å². The molecule has 25 heavy (non-hydrogen) atoms. The number of esters is 1. The van der Waals surface area contributed by atoms with E-state index in [1.165, 1.54) is 7.11 Å². The van der Waals surface area contributed by atoms with Crippen LogP contribution in [0.15, 0.2) is 39.7 Å². The number of carbonyl (C=O) groups is 1. The third-order valence-corrected chi connectivity index (χ3v) is 4.44. The number of carbonyl (C=O) groups excluding carboxylic acids is 1. The Hall–Kier alpha value is -1.77. The minimum atomic E-state index is -0.111. The van der Waals surface area contributed by atoms with Gasteiger partial charge in [0, 0.05) is 25.5 Å². The van der Waals surface area contributed by atoms with Gasteiger partial charge in [-0.15, -0.1) is 24.0 Å². The lowest BCUT2D eigenvalue weighted by Crippen LogP contribution is -2.46. The highest BCUT2D eigenvalue weighted by molar-refractivity contribution is 14.0. The van der Waals surface area contributed by atoms with Crippen LogP contribution in [0.5, 0.6) is 0 Å². The summed E-state index contributed by atoms with van der Waals surface area (Å²) in [4.78, 5) is 18.1. The lowest BCUT2D eigenvalue weighted by molar-refractivity contribution is -0.146. The predicted octanol–water partition coefficient (Wildman–Crippen LogP) is 3.01. The molecule has 0 amide bonds. The Balaban J connectivity index is 0.00000225. The molecular weight excluding hydrogens is 433 g/mol. The standard InChI is InChI=1S/C18H23N3O3.HI/c1-19-18(21-9-7-13(8-10-21)17(22)23-2)20-12-15-11-14-5-3-4-6-16(14)24-15;/h3-6,11,13H,7-10,12H2,1-2H3,(H,19,20);1H. The van der Waals surface area contributed by atoms with E-state index < -0.39 is 0 Å². The number of methoxy groups -OCH3 is 1. The highest BCUT2D eigenvalue weighted by Crippen LogP contribution is 2.20. The molecule has 1 N–H and O–H groups in total. The first-order chi connectivity index (χ1) is 11.7. The second-order valence-electron chi connectivity index (χ2n) is 5.94. The topological polar surface area (TPSA) is 67.1 Å². The summed E-state index contributed by atoms with van der Waals surface area (Å²) in [6.07, 6.45) is 1.58. The number of furan rings is 1. The number of guanidine groups is 1. The third kappa shape index (κ3) is 4.65. The van der Waals surface area contributed by atoms with Crippen molar-refractivity contribution < 1.29 is 13.9 Å². The summed E-state index contributed by atoms with van der Waals surface area (Å²) in [6, 6.07) is 10.0. The Morgan fingerprint density at radius 2 is 2.08 bits per heavy atom. The van der Waals surface area contributed by atoms with Crippen LogP contribution >= 0.6 is 24.0 Å². The van der Waals surface area contributed by atoms with Gasteiger partial charge in [-0.25, -0.2) is 0 Å². The molecule has 136 valence electrons. The Kier molecular flexibility index (Phi) is 7.10. The fraction of sp³-hybridized carbons (Fsp3) is 0.444. The van der Waals surface area contributed by atoms with Crippen LogP contribution in [0.2, 0.25) is 0 Å². The van der Waals surface area contributed by atoms with Crippen molar-refractivity contribution in [1.29, 1.82) is 0 Å². The van der Waals surface area contributed by atoms with Gasteiger partial charge < -0.3 is 19.4 Å². The molecule has 1 aromatic carbocycles. The highest BCUT2D eigenvalue weighted by Gasteiger charge is 2.26. The second-order valence-corrected chi connectivity index (χ2v) is 5.94. The Bertz CT molecular complexity index is 703. The normalized spacial score (nSPS) is 15.8. The zero-order chi connectivity index (χ0) is 16.9. The molecule has 3 rings (SSSR count). The van der Waals surface area contributed by atoms with Crippen LogP contribution in [0.1, 0.15) is 18.6 Å². The van der Waals surface area contributed by atoms with Gasteiger partial charge in [0.25, 0.3) is 0 Å². The van der Waals surface area contributed by atoms with Crippen molar-refractivity contribution in [1.82, 2.24) is 10.2 Å². The van der Waals surface area contributed by atoms with Crippen LogP contribution in [0.25, 0.3) is 11.0 Å². The minimum Gasteiger partial charge on any atom is -0.469 e. The van der Waals surface area contributed by atoms with Gasteiger partial charge in [-0.1, -0.05) is 18.2 Å². The van der Waals surface area contributed by atoms with Gasteiger partial charge >= 0.3 is 5.97 Å². The first-order valence-corrected chi connectivity index (χ1v) is 8.22. The molecule has 1 aliphatic rings. The maximum absolute atomic E-state index is 11.6. The SMILES string of the molecule is CN=C(NCc1cc2ccccc2o1)N1CCC(C(=O)OC)CC1.I. The number of ether oxygens (including phenoxy) is 1. The molecule has 6 nitrogen and oxygen atoms in total. The molecule has 0 atom stereocenters. The first kappa shape index (κ1) is 19.6. The molecule has 1 fully saturated rings. The number of fused-ring (bicyclic) bond motifs is 1. The number of hydrogen-bond donors (Lipinski definition) is 1. The van der Waals surface area contributed by atoms with Crippen molar-refractivity contribution in [3.05, 3.63) is 36.1 Å². The molecule has 1 saturated heterocycles. The van der Waals surface area contributed by atoms with Crippen LogP contribution in [-0.4, -0.2) is 44.1 Å². The van der Waals surface area contributed by atoms with Crippen molar-refractivity contribution >= 4 is 46.9 Å². The van der Waals surface area contributed by atoms with Crippen molar-refractivity contribution in [3.63, 3.8) is 0 Å². The summed E-state index contributed by atoms with van der Waals surface area (Å²) in [5, 5.41) is 4.44. The highest BCUT2D eigenvalue weighted by atomic mass is 127. The molecule has 2 aromatic rings. The molecular formula is C18H24IN3O3. The Labute approximate surface area is 164 Å². The number of halogens is 1. The first-order valence-electron chi connectivity index (χ1n) is 8.22. The summed E-state index contributed by atoms with van der Waals surface area (Å²) in [6.45, 7) is 2.16. The van der Waals surface area contributed by atoms with Gasteiger partial charge in [-0.3, -0.25) is 9.79 Å². The van der Waals surface area contributed by atoms with E-state index in [-0.39, 0.29) is 35.9 Å². The van der Waals surface area contributed by atoms with Crippen LogP contribution in [0.3, 0.4) is 0 Å². The third-order valence-electron chi connectivity index (χ3n) is 4.44. The number of para-hydroxylation sites is 1. The van der Waals surface area contributed by atoms with Crippen molar-refractivity contribution in [2.75, 3.05) is 27.2 Å². The predicted molar refractivity (Wildman–Crippen MR) is 108 cm³/mol. The van der Waals surface area contributed by atoms with E-state index in [1.54, 1.807) is 7.05 Å². The maximum atomic E-state index is 11.6. The van der Waals surface area contributed by atoms with Crippen molar-refractivity contribution in [2.24, 2.45) is 10.9 Å². The van der Waals surface area contributed by atoms with Gasteiger partial charge in [0.05, 0.1) is 19.6 Å². The van der Waals surface area contributed by atoms with Gasteiger partial charge in [0.15, 0.2) is 5.96 Å². The average molecular weight is 457 g/mol. The zero-order valence-electron chi connectivity index (χ0n) is 14.5. The molecule has 7 heteroatoms. The number of piperidine rings is 1. The second kappa shape index (κ2) is 9.07. The Morgan fingerprint density at radius 1 is 1.36 bits per heavy atom. The van der Waals surface area contributed by atoms with E-state index in [4.69, 9.17) is 9.15 Å². The summed E-state index contributed by atoms with van der Waals surface area (Å²) < 4.78 is 10.6. The molecule has 2 heterocycles. The van der Waals surface area contributed by atoms with Gasteiger partial charge in [0.1, 0.15) is 11.3 Å². The summed E-state index contributed by atoms with van der Waals surface area (Å²) in [7, 11) is 3.22. The quantitative estimate of drug-likeness (QED) is 0.332. The zero-order valence-corrected chi connectivity index (χ0v) is 16.9. The summed E-state index contributed by atoms with van der Waals surface area (Å²) in [5.41, 5.74) is 0.892. The number of rotatable bonds is 3. The van der Waals surface area contributed by atoms with E-state index in [0.29, 0.717) is 6.54 Å². The van der Waals surface area contributed by atoms with Gasteiger partial charge in [-0.2, -0.15) is 0 Å². The molecule has 0 spiro atoms. The van der Waals surface area contributed by atoms with Crippen LogP contribution < -0.4 is 5.32 Å². The van der Waals surface area contributed by atoms with Gasteiger partial charge in [-0.05, 0) is 25.0 Å². The fourth-order valence-corrected chi connectivity index (χ4v) is 3.12. The Morgan fingerprint density at radius 3 is 2.72 bits per heavy atom. The van der Waals surface area contributed by atoms with E-state index >= 15 is 0 Å². The van der Waals surface area contributed by atoms with Crippen LogP contribution in [-0.2, 0) is 16.1 Å². The molecule has 0 unspecified atom stereocenters. The minimum absolute atomic E-state index is 0. The molecule has 0 radical (unpaired) electrons. The molecule has 1 aliphatic heterocycles. The lowest BCUT2D eigenvalue weighted by Gasteiger charge is -2.33. The lowest BCUT2D eigenvalue weighted by atomic mass is 9.97. The molecule has 0 aliphatic carbocycles. The molecule has 0 bridgehead atoms. The maximum Gasteiger partial charge on any atom is 0.308 e. The molecule has 1 aromatic heterocycles. The van der Waals surface area contributed by atoms with E-state index in [9.17, 15) is 4.79 Å².